The number of rotatable bonds is 3. The van der Waals surface area contributed by atoms with E-state index in [9.17, 15) is 5.11 Å². The molecule has 0 aliphatic heterocycles. The molecule has 1 saturated carbocycles. The highest BCUT2D eigenvalue weighted by atomic mass is 79.9. The van der Waals surface area contributed by atoms with E-state index in [0.29, 0.717) is 0 Å². The highest BCUT2D eigenvalue weighted by Crippen LogP contribution is 2.42. The highest BCUT2D eigenvalue weighted by Gasteiger charge is 2.23. The molecule has 0 saturated heterocycles. The molecule has 0 heterocycles. The fraction of sp³-hybridized carbons (Fsp3) is 0.455. The van der Waals surface area contributed by atoms with Gasteiger partial charge in [-0.25, -0.2) is 0 Å². The summed E-state index contributed by atoms with van der Waals surface area (Å²) in [7, 11) is 0. The van der Waals surface area contributed by atoms with Gasteiger partial charge in [-0.2, -0.15) is 0 Å². The zero-order valence-corrected chi connectivity index (χ0v) is 10.4. The molecule has 0 bridgehead atoms. The molecule has 1 N–H and O–H groups in total. The van der Waals surface area contributed by atoms with Crippen LogP contribution in [0.3, 0.4) is 0 Å². The molecule has 1 aromatic carbocycles. The van der Waals surface area contributed by atoms with Gasteiger partial charge in [-0.3, -0.25) is 0 Å². The van der Waals surface area contributed by atoms with Crippen LogP contribution in [-0.4, -0.2) is 10.4 Å². The van der Waals surface area contributed by atoms with Crippen molar-refractivity contribution >= 4 is 27.7 Å². The van der Waals surface area contributed by atoms with Gasteiger partial charge in [0.2, 0.25) is 0 Å². The predicted octanol–water partition coefficient (Wildman–Crippen LogP) is 3.76. The monoisotopic (exact) mass is 272 g/mol. The van der Waals surface area contributed by atoms with Crippen LogP contribution in [0.4, 0.5) is 0 Å². The molecule has 3 heteroatoms. The van der Waals surface area contributed by atoms with Crippen LogP contribution in [0.5, 0.6) is 0 Å². The van der Waals surface area contributed by atoms with E-state index in [1.807, 2.05) is 23.9 Å². The van der Waals surface area contributed by atoms with Gasteiger partial charge in [0.05, 0.1) is 6.10 Å². The Morgan fingerprint density at radius 3 is 2.71 bits per heavy atom. The van der Waals surface area contributed by atoms with Crippen LogP contribution in [0.1, 0.15) is 31.4 Å². The lowest BCUT2D eigenvalue weighted by molar-refractivity contribution is 0.199. The van der Waals surface area contributed by atoms with Gasteiger partial charge in [-0.05, 0) is 53.4 Å². The summed E-state index contributed by atoms with van der Waals surface area (Å²) in [6.45, 7) is 1.79. The maximum atomic E-state index is 9.41. The smallest absolute Gasteiger partial charge is 0.0762 e. The fourth-order valence-electron chi connectivity index (χ4n) is 1.24. The average molecular weight is 273 g/mol. The van der Waals surface area contributed by atoms with E-state index in [1.165, 1.54) is 17.7 Å². The van der Waals surface area contributed by atoms with Gasteiger partial charge < -0.3 is 5.11 Å². The first-order valence-electron chi connectivity index (χ1n) is 4.81. The normalized spacial score (nSPS) is 18.2. The second-order valence-corrected chi connectivity index (χ2v) is 5.88. The van der Waals surface area contributed by atoms with Gasteiger partial charge in [0, 0.05) is 14.6 Å². The van der Waals surface area contributed by atoms with Crippen molar-refractivity contribution in [2.24, 2.45) is 0 Å². The van der Waals surface area contributed by atoms with Crippen LogP contribution in [0.2, 0.25) is 0 Å². The van der Waals surface area contributed by atoms with Gasteiger partial charge in [0.15, 0.2) is 0 Å². The van der Waals surface area contributed by atoms with Crippen LogP contribution >= 0.6 is 27.7 Å². The molecule has 76 valence electrons. The molecule has 1 unspecified atom stereocenters. The second kappa shape index (κ2) is 4.25. The minimum absolute atomic E-state index is 0.383. The summed E-state index contributed by atoms with van der Waals surface area (Å²) in [5, 5.41) is 10.2. The third-order valence-electron chi connectivity index (χ3n) is 2.26. The minimum atomic E-state index is -0.383. The van der Waals surface area contributed by atoms with E-state index in [-0.39, 0.29) is 6.10 Å². The molecule has 0 aromatic heterocycles. The van der Waals surface area contributed by atoms with E-state index in [1.54, 1.807) is 6.92 Å². The molecule has 0 spiro atoms. The molecular formula is C11H13BrOS. The summed E-state index contributed by atoms with van der Waals surface area (Å²) in [6, 6.07) is 6.10. The molecule has 1 aliphatic carbocycles. The van der Waals surface area contributed by atoms with Crippen molar-refractivity contribution in [3.8, 4) is 0 Å². The second-order valence-electron chi connectivity index (χ2n) is 3.68. The third kappa shape index (κ3) is 2.53. The van der Waals surface area contributed by atoms with Crippen molar-refractivity contribution in [2.75, 3.05) is 0 Å². The summed E-state index contributed by atoms with van der Waals surface area (Å²) in [5.41, 5.74) is 0.969. The van der Waals surface area contributed by atoms with Crippen molar-refractivity contribution in [3.63, 3.8) is 0 Å². The molecule has 0 radical (unpaired) electrons. The molecular weight excluding hydrogens is 260 g/mol. The lowest BCUT2D eigenvalue weighted by atomic mass is 10.1. The zero-order valence-electron chi connectivity index (χ0n) is 8.03. The average Bonchev–Trinajstić information content (AvgIpc) is 2.92. The van der Waals surface area contributed by atoms with Gasteiger partial charge in [0.25, 0.3) is 0 Å². The van der Waals surface area contributed by atoms with E-state index >= 15 is 0 Å². The molecule has 14 heavy (non-hydrogen) atoms. The highest BCUT2D eigenvalue weighted by molar-refractivity contribution is 9.10. The van der Waals surface area contributed by atoms with Crippen LogP contribution in [0, 0.1) is 0 Å². The molecule has 1 atom stereocenters. The van der Waals surface area contributed by atoms with Crippen LogP contribution < -0.4 is 0 Å². The number of aliphatic hydroxyl groups is 1. The topological polar surface area (TPSA) is 20.2 Å². The first kappa shape index (κ1) is 10.5. The van der Waals surface area contributed by atoms with Crippen molar-refractivity contribution in [2.45, 2.75) is 36.0 Å². The van der Waals surface area contributed by atoms with E-state index in [4.69, 9.17) is 0 Å². The SMILES string of the molecule is CC(O)c1ccc(SC2CC2)c(Br)c1. The van der Waals surface area contributed by atoms with Crippen molar-refractivity contribution < 1.29 is 5.11 Å². The number of hydrogen-bond acceptors (Lipinski definition) is 2. The van der Waals surface area contributed by atoms with Crippen LogP contribution in [-0.2, 0) is 0 Å². The van der Waals surface area contributed by atoms with Gasteiger partial charge in [0.1, 0.15) is 0 Å². The lowest BCUT2D eigenvalue weighted by Crippen LogP contribution is -1.91. The van der Waals surface area contributed by atoms with E-state index in [2.05, 4.69) is 22.0 Å². The Morgan fingerprint density at radius 1 is 1.50 bits per heavy atom. The quantitative estimate of drug-likeness (QED) is 0.904. The van der Waals surface area contributed by atoms with E-state index in [0.717, 1.165) is 15.3 Å². The Balaban J connectivity index is 2.17. The molecule has 1 nitrogen and oxygen atoms in total. The maximum absolute atomic E-state index is 9.41. The Hall–Kier alpha value is 0.01000. The molecule has 1 aliphatic rings. The largest absolute Gasteiger partial charge is 0.389 e. The molecule has 1 fully saturated rings. The summed E-state index contributed by atoms with van der Waals surface area (Å²) in [4.78, 5) is 1.29. The first-order chi connectivity index (χ1) is 6.66. The number of aliphatic hydroxyl groups excluding tert-OH is 1. The van der Waals surface area contributed by atoms with Crippen molar-refractivity contribution in [1.29, 1.82) is 0 Å². The van der Waals surface area contributed by atoms with Gasteiger partial charge >= 0.3 is 0 Å². The van der Waals surface area contributed by atoms with Crippen LogP contribution in [0.25, 0.3) is 0 Å². The van der Waals surface area contributed by atoms with E-state index < -0.39 is 0 Å². The number of halogens is 1. The maximum Gasteiger partial charge on any atom is 0.0762 e. The standard InChI is InChI=1S/C11H13BrOS/c1-7(13)8-2-5-11(10(12)6-8)14-9-3-4-9/h2,5-7,9,13H,3-4H2,1H3. The van der Waals surface area contributed by atoms with Crippen molar-refractivity contribution in [1.82, 2.24) is 0 Å². The summed E-state index contributed by atoms with van der Waals surface area (Å²) in [5.74, 6) is 0. The first-order valence-corrected chi connectivity index (χ1v) is 6.48. The van der Waals surface area contributed by atoms with Gasteiger partial charge in [-0.15, -0.1) is 11.8 Å². The Kier molecular flexibility index (Phi) is 3.20. The number of benzene rings is 1. The summed E-state index contributed by atoms with van der Waals surface area (Å²) >= 11 is 5.47. The fourth-order valence-corrected chi connectivity index (χ4v) is 2.96. The Bertz CT molecular complexity index is 334. The third-order valence-corrected chi connectivity index (χ3v) is 4.59. The summed E-state index contributed by atoms with van der Waals surface area (Å²) < 4.78 is 1.10. The Morgan fingerprint density at radius 2 is 2.21 bits per heavy atom. The molecule has 0 amide bonds. The molecule has 1 aromatic rings. The van der Waals surface area contributed by atoms with Crippen LogP contribution in [0.15, 0.2) is 27.6 Å². The number of hydrogen-bond donors (Lipinski definition) is 1. The lowest BCUT2D eigenvalue weighted by Gasteiger charge is -2.08. The summed E-state index contributed by atoms with van der Waals surface area (Å²) in [6.07, 6.45) is 2.30. The van der Waals surface area contributed by atoms with Gasteiger partial charge in [-0.1, -0.05) is 6.07 Å². The number of thioether (sulfide) groups is 1. The Labute approximate surface area is 97.0 Å². The molecule has 2 rings (SSSR count). The minimum Gasteiger partial charge on any atom is -0.389 e. The predicted molar refractivity (Wildman–Crippen MR) is 63.7 cm³/mol. The zero-order chi connectivity index (χ0) is 10.1. The van der Waals surface area contributed by atoms with Crippen molar-refractivity contribution in [3.05, 3.63) is 28.2 Å².